The summed E-state index contributed by atoms with van der Waals surface area (Å²) in [6.45, 7) is 4.56. The van der Waals surface area contributed by atoms with Gasteiger partial charge in [-0.3, -0.25) is 4.90 Å². The van der Waals surface area contributed by atoms with Gasteiger partial charge in [0.1, 0.15) is 0 Å². The smallest absolute Gasteiger partial charge is 0.0938 e. The van der Waals surface area contributed by atoms with Gasteiger partial charge in [0.2, 0.25) is 0 Å². The molecule has 0 spiro atoms. The second-order valence-electron chi connectivity index (χ2n) is 5.16. The maximum atomic E-state index is 9.52. The summed E-state index contributed by atoms with van der Waals surface area (Å²) in [6, 6.07) is 0. The van der Waals surface area contributed by atoms with E-state index < -0.39 is 12.2 Å². The number of aliphatic hydroxyl groups excluding tert-OH is 2. The summed E-state index contributed by atoms with van der Waals surface area (Å²) in [5.74, 6) is 0. The highest BCUT2D eigenvalue weighted by Crippen LogP contribution is 2.30. The lowest BCUT2D eigenvalue weighted by Crippen LogP contribution is -2.43. The molecule has 2 aliphatic heterocycles. The maximum Gasteiger partial charge on any atom is 0.0938 e. The number of nitrogens with one attached hydrogen (secondary N) is 1. The molecule has 0 aliphatic carbocycles. The lowest BCUT2D eigenvalue weighted by atomic mass is 9.86. The summed E-state index contributed by atoms with van der Waals surface area (Å²) in [6.07, 6.45) is -0.126. The molecule has 2 heterocycles. The van der Waals surface area contributed by atoms with E-state index in [9.17, 15) is 10.2 Å². The van der Waals surface area contributed by atoms with Gasteiger partial charge in [0.15, 0.2) is 0 Å². The van der Waals surface area contributed by atoms with Crippen LogP contribution in [0.2, 0.25) is 0 Å². The lowest BCUT2D eigenvalue weighted by molar-refractivity contribution is 0.0572. The van der Waals surface area contributed by atoms with Gasteiger partial charge in [0.25, 0.3) is 0 Å². The fraction of sp³-hybridized carbons (Fsp3) is 1.00. The molecule has 5 nitrogen and oxygen atoms in total. The van der Waals surface area contributed by atoms with Crippen LogP contribution in [0.4, 0.5) is 0 Å². The van der Waals surface area contributed by atoms with Crippen molar-refractivity contribution in [1.82, 2.24) is 10.2 Å². The quantitative estimate of drug-likeness (QED) is 0.557. The number of hydrogen-bond acceptors (Lipinski definition) is 5. The highest BCUT2D eigenvalue weighted by molar-refractivity contribution is 4.92. The number of likely N-dealkylation sites (tertiary alicyclic amines) is 1. The van der Waals surface area contributed by atoms with Gasteiger partial charge < -0.3 is 20.3 Å². The zero-order valence-electron chi connectivity index (χ0n) is 9.85. The van der Waals surface area contributed by atoms with Crippen LogP contribution in [-0.2, 0) is 4.74 Å². The molecule has 0 saturated carbocycles. The second-order valence-corrected chi connectivity index (χ2v) is 5.16. The maximum absolute atomic E-state index is 9.52. The molecular weight excluding hydrogens is 208 g/mol. The van der Waals surface area contributed by atoms with Gasteiger partial charge in [-0.1, -0.05) is 0 Å². The molecule has 3 unspecified atom stereocenters. The van der Waals surface area contributed by atoms with Gasteiger partial charge in [-0.15, -0.1) is 0 Å². The van der Waals surface area contributed by atoms with Crippen molar-refractivity contribution in [3.63, 3.8) is 0 Å². The van der Waals surface area contributed by atoms with Crippen molar-refractivity contribution in [2.45, 2.75) is 18.6 Å². The Morgan fingerprint density at radius 1 is 1.38 bits per heavy atom. The van der Waals surface area contributed by atoms with Crippen molar-refractivity contribution < 1.29 is 14.9 Å². The van der Waals surface area contributed by atoms with E-state index in [1.54, 1.807) is 0 Å². The summed E-state index contributed by atoms with van der Waals surface area (Å²) in [5.41, 5.74) is 0.151. The first-order valence-electron chi connectivity index (χ1n) is 5.96. The first-order chi connectivity index (χ1) is 7.65. The van der Waals surface area contributed by atoms with Gasteiger partial charge in [0.05, 0.1) is 18.8 Å². The SMILES string of the molecule is CNCC1(CN2CC(O)C(O)C2)CCOC1. The van der Waals surface area contributed by atoms with Crippen molar-refractivity contribution in [1.29, 1.82) is 0 Å². The van der Waals surface area contributed by atoms with Gasteiger partial charge in [-0.2, -0.15) is 0 Å². The summed E-state index contributed by atoms with van der Waals surface area (Å²) in [5, 5.41) is 22.2. The van der Waals surface area contributed by atoms with Crippen molar-refractivity contribution in [3.05, 3.63) is 0 Å². The molecule has 3 N–H and O–H groups in total. The molecule has 0 aromatic carbocycles. The third-order valence-electron chi connectivity index (χ3n) is 3.63. The topological polar surface area (TPSA) is 65.0 Å². The predicted molar refractivity (Wildman–Crippen MR) is 60.2 cm³/mol. The summed E-state index contributed by atoms with van der Waals surface area (Å²) < 4.78 is 5.49. The van der Waals surface area contributed by atoms with Crippen molar-refractivity contribution in [3.8, 4) is 0 Å². The molecule has 2 aliphatic rings. The molecule has 5 heteroatoms. The van der Waals surface area contributed by atoms with E-state index in [2.05, 4.69) is 10.2 Å². The standard InChI is InChI=1S/C11H22N2O3/c1-12-6-11(2-3-16-8-11)7-13-4-9(14)10(15)5-13/h9-10,12,14-15H,2-8H2,1H3. The minimum Gasteiger partial charge on any atom is -0.389 e. The Balaban J connectivity index is 1.91. The average Bonchev–Trinajstić information content (AvgIpc) is 2.77. The molecule has 0 radical (unpaired) electrons. The Morgan fingerprint density at radius 2 is 2.06 bits per heavy atom. The number of hydrogen-bond donors (Lipinski definition) is 3. The minimum absolute atomic E-state index is 0.151. The number of aliphatic hydroxyl groups is 2. The van der Waals surface area contributed by atoms with Crippen LogP contribution in [0.5, 0.6) is 0 Å². The normalized spacial score (nSPS) is 40.7. The number of β-amino-alcohol motifs (C(OH)–C–C–N with tert-alkyl or cyclic N) is 2. The fourth-order valence-corrected chi connectivity index (χ4v) is 2.79. The van der Waals surface area contributed by atoms with Gasteiger partial charge in [-0.25, -0.2) is 0 Å². The molecule has 0 bridgehead atoms. The molecular formula is C11H22N2O3. The largest absolute Gasteiger partial charge is 0.389 e. The van der Waals surface area contributed by atoms with Crippen LogP contribution in [0, 0.1) is 5.41 Å². The van der Waals surface area contributed by atoms with Crippen LogP contribution in [0.25, 0.3) is 0 Å². The van der Waals surface area contributed by atoms with Gasteiger partial charge in [0, 0.05) is 38.2 Å². The molecule has 0 aromatic rings. The van der Waals surface area contributed by atoms with Crippen LogP contribution < -0.4 is 5.32 Å². The summed E-state index contributed by atoms with van der Waals surface area (Å²) >= 11 is 0. The van der Waals surface area contributed by atoms with E-state index in [0.717, 1.165) is 32.7 Å². The molecule has 16 heavy (non-hydrogen) atoms. The van der Waals surface area contributed by atoms with E-state index in [-0.39, 0.29) is 5.41 Å². The van der Waals surface area contributed by atoms with Crippen LogP contribution >= 0.6 is 0 Å². The van der Waals surface area contributed by atoms with Gasteiger partial charge >= 0.3 is 0 Å². The van der Waals surface area contributed by atoms with E-state index in [1.165, 1.54) is 0 Å². The van der Waals surface area contributed by atoms with Crippen molar-refractivity contribution in [2.24, 2.45) is 5.41 Å². The van der Waals surface area contributed by atoms with E-state index in [0.29, 0.717) is 13.1 Å². The van der Waals surface area contributed by atoms with Crippen LogP contribution in [0.1, 0.15) is 6.42 Å². The Kier molecular flexibility index (Phi) is 3.81. The number of rotatable bonds is 4. The Bertz CT molecular complexity index is 221. The first-order valence-corrected chi connectivity index (χ1v) is 5.96. The molecule has 94 valence electrons. The molecule has 0 aromatic heterocycles. The highest BCUT2D eigenvalue weighted by Gasteiger charge is 2.39. The summed E-state index contributed by atoms with van der Waals surface area (Å²) in [7, 11) is 1.95. The van der Waals surface area contributed by atoms with E-state index >= 15 is 0 Å². The predicted octanol–water partition coefficient (Wildman–Crippen LogP) is -1.35. The highest BCUT2D eigenvalue weighted by atomic mass is 16.5. The molecule has 2 fully saturated rings. The van der Waals surface area contributed by atoms with Crippen LogP contribution in [-0.4, -0.2) is 73.8 Å². The summed E-state index contributed by atoms with van der Waals surface area (Å²) in [4.78, 5) is 2.14. The third-order valence-corrected chi connectivity index (χ3v) is 3.63. The number of nitrogens with zero attached hydrogens (tertiary/aromatic N) is 1. The Labute approximate surface area is 96.4 Å². The van der Waals surface area contributed by atoms with E-state index in [4.69, 9.17) is 4.74 Å². The second kappa shape index (κ2) is 4.98. The monoisotopic (exact) mass is 230 g/mol. The molecule has 3 atom stereocenters. The third kappa shape index (κ3) is 2.55. The fourth-order valence-electron chi connectivity index (χ4n) is 2.79. The Morgan fingerprint density at radius 3 is 2.56 bits per heavy atom. The molecule has 0 amide bonds. The number of ether oxygens (including phenoxy) is 1. The zero-order chi connectivity index (χ0) is 11.6. The van der Waals surface area contributed by atoms with Crippen molar-refractivity contribution in [2.75, 3.05) is 46.4 Å². The van der Waals surface area contributed by atoms with Crippen LogP contribution in [0.3, 0.4) is 0 Å². The average molecular weight is 230 g/mol. The first kappa shape index (κ1) is 12.3. The molecule has 2 rings (SSSR count). The minimum atomic E-state index is -0.589. The van der Waals surface area contributed by atoms with Gasteiger partial charge in [-0.05, 0) is 13.5 Å². The lowest BCUT2D eigenvalue weighted by Gasteiger charge is -2.31. The molecule has 2 saturated heterocycles. The van der Waals surface area contributed by atoms with Crippen LogP contribution in [0.15, 0.2) is 0 Å². The zero-order valence-corrected chi connectivity index (χ0v) is 9.85. The van der Waals surface area contributed by atoms with E-state index in [1.807, 2.05) is 7.05 Å². The van der Waals surface area contributed by atoms with Crippen molar-refractivity contribution >= 4 is 0 Å². The Hall–Kier alpha value is -0.200.